The molecule has 6 atom stereocenters. The Kier molecular flexibility index (Phi) is 14.1. The number of carboxylic acid groups (broad SMARTS) is 1. The number of hydrogen-bond donors (Lipinski definition) is 6. The van der Waals surface area contributed by atoms with Crippen LogP contribution in [0.2, 0.25) is 0 Å². The molecule has 0 aromatic rings. The van der Waals surface area contributed by atoms with Crippen LogP contribution in [0.5, 0.6) is 0 Å². The smallest absolute Gasteiger partial charge is 0.326 e. The van der Waals surface area contributed by atoms with Crippen LogP contribution in [0.25, 0.3) is 0 Å². The van der Waals surface area contributed by atoms with Crippen molar-refractivity contribution in [3.63, 3.8) is 0 Å². The van der Waals surface area contributed by atoms with Gasteiger partial charge in [0, 0.05) is 0 Å². The average molecular weight is 463 g/mol. The molecule has 0 aromatic carbocycles. The average Bonchev–Trinajstić information content (AvgIpc) is 2.75. The first-order chi connectivity index (χ1) is 14.5. The summed E-state index contributed by atoms with van der Waals surface area (Å²) < 4.78 is 0. The second-order valence-corrected chi connectivity index (χ2v) is 8.69. The van der Waals surface area contributed by atoms with Crippen LogP contribution in [0.4, 0.5) is 0 Å². The van der Waals surface area contributed by atoms with Gasteiger partial charge in [-0.2, -0.15) is 11.8 Å². The third kappa shape index (κ3) is 9.88. The first-order valence-corrected chi connectivity index (χ1v) is 11.9. The molecule has 0 saturated carbocycles. The van der Waals surface area contributed by atoms with Gasteiger partial charge in [0.2, 0.25) is 17.7 Å². The van der Waals surface area contributed by atoms with E-state index >= 15 is 0 Å². The fourth-order valence-electron chi connectivity index (χ4n) is 2.69. The van der Waals surface area contributed by atoms with E-state index in [1.807, 2.05) is 20.1 Å². The number of aliphatic carboxylic acids is 1. The van der Waals surface area contributed by atoms with Crippen LogP contribution in [0, 0.1) is 11.8 Å². The molecule has 0 aliphatic rings. The summed E-state index contributed by atoms with van der Waals surface area (Å²) in [7, 11) is 0. The van der Waals surface area contributed by atoms with E-state index in [-0.39, 0.29) is 11.8 Å². The largest absolute Gasteiger partial charge is 0.480 e. The number of hydrogen-bond acceptors (Lipinski definition) is 7. The summed E-state index contributed by atoms with van der Waals surface area (Å²) in [6.45, 7) is 6.49. The van der Waals surface area contributed by atoms with Gasteiger partial charge in [-0.15, -0.1) is 0 Å². The number of amides is 3. The van der Waals surface area contributed by atoms with Gasteiger partial charge in [0.25, 0.3) is 0 Å². The van der Waals surface area contributed by atoms with E-state index in [0.29, 0.717) is 25.0 Å². The lowest BCUT2D eigenvalue weighted by Crippen LogP contribution is -2.59. The van der Waals surface area contributed by atoms with E-state index < -0.39 is 54.5 Å². The number of carbonyl (C=O) groups excluding carboxylic acids is 3. The van der Waals surface area contributed by atoms with Gasteiger partial charge in [-0.3, -0.25) is 14.4 Å². The molecule has 6 unspecified atom stereocenters. The van der Waals surface area contributed by atoms with Crippen molar-refractivity contribution in [2.75, 3.05) is 18.6 Å². The molecule has 0 fully saturated rings. The molecule has 7 N–H and O–H groups in total. The fourth-order valence-corrected chi connectivity index (χ4v) is 3.16. The molecular weight excluding hydrogens is 424 g/mol. The van der Waals surface area contributed by atoms with E-state index in [1.54, 1.807) is 13.8 Å². The molecule has 10 nitrogen and oxygen atoms in total. The number of thioether (sulfide) groups is 1. The molecule has 0 heterocycles. The van der Waals surface area contributed by atoms with Crippen molar-refractivity contribution in [3.8, 4) is 0 Å². The Morgan fingerprint density at radius 2 is 1.42 bits per heavy atom. The first kappa shape index (κ1) is 29.1. The normalized spacial score (nSPS) is 16.9. The molecular formula is C20H38N4O6S. The van der Waals surface area contributed by atoms with Crippen molar-refractivity contribution in [3.05, 3.63) is 0 Å². The highest BCUT2D eigenvalue weighted by molar-refractivity contribution is 7.98. The molecule has 0 aliphatic heterocycles. The SMILES string of the molecule is CCC(C)C(N)C(=O)NC(CCSC)C(=O)NC(CO)C(=O)NC(C(=O)O)C(C)CC. The summed E-state index contributed by atoms with van der Waals surface area (Å²) in [4.78, 5) is 49.1. The summed E-state index contributed by atoms with van der Waals surface area (Å²) in [5.74, 6) is -2.97. The molecule has 0 aromatic heterocycles. The van der Waals surface area contributed by atoms with Crippen LogP contribution >= 0.6 is 11.8 Å². The van der Waals surface area contributed by atoms with Gasteiger partial charge in [0.1, 0.15) is 18.1 Å². The highest BCUT2D eigenvalue weighted by Gasteiger charge is 2.31. The van der Waals surface area contributed by atoms with Crippen LogP contribution in [0.1, 0.15) is 47.0 Å². The lowest BCUT2D eigenvalue weighted by molar-refractivity contribution is -0.144. The van der Waals surface area contributed by atoms with Crippen molar-refractivity contribution in [2.45, 2.75) is 71.1 Å². The summed E-state index contributed by atoms with van der Waals surface area (Å²) in [6.07, 6.45) is 3.37. The van der Waals surface area contributed by atoms with E-state index in [1.165, 1.54) is 11.8 Å². The van der Waals surface area contributed by atoms with E-state index in [4.69, 9.17) is 5.73 Å². The molecule has 31 heavy (non-hydrogen) atoms. The Hall–Kier alpha value is -1.85. The first-order valence-electron chi connectivity index (χ1n) is 10.5. The zero-order valence-electron chi connectivity index (χ0n) is 19.0. The Morgan fingerprint density at radius 3 is 1.87 bits per heavy atom. The minimum Gasteiger partial charge on any atom is -0.480 e. The standard InChI is InChI=1S/C20H38N4O6S/c1-6-11(3)15(21)19(28)22-13(8-9-31-5)17(26)23-14(10-25)18(27)24-16(20(29)30)12(4)7-2/h11-16,25H,6-10,21H2,1-5H3,(H,22,28)(H,23,26)(H,24,27)(H,29,30). The van der Waals surface area contributed by atoms with Gasteiger partial charge in [-0.05, 0) is 30.3 Å². The Morgan fingerprint density at radius 1 is 0.903 bits per heavy atom. The topological polar surface area (TPSA) is 171 Å². The van der Waals surface area contributed by atoms with Crippen molar-refractivity contribution in [2.24, 2.45) is 17.6 Å². The summed E-state index contributed by atoms with van der Waals surface area (Å²) in [5, 5.41) is 26.3. The number of carboxylic acids is 1. The maximum atomic E-state index is 12.7. The molecule has 0 saturated heterocycles. The summed E-state index contributed by atoms with van der Waals surface area (Å²) in [6, 6.07) is -4.22. The Bertz CT molecular complexity index is 606. The monoisotopic (exact) mass is 462 g/mol. The van der Waals surface area contributed by atoms with Gasteiger partial charge in [0.15, 0.2) is 0 Å². The predicted octanol–water partition coefficient (Wildman–Crippen LogP) is -0.310. The molecule has 0 rings (SSSR count). The third-order valence-electron chi connectivity index (χ3n) is 5.40. The zero-order chi connectivity index (χ0) is 24.1. The van der Waals surface area contributed by atoms with Crippen molar-refractivity contribution in [1.29, 1.82) is 0 Å². The summed E-state index contributed by atoms with van der Waals surface area (Å²) in [5.41, 5.74) is 5.94. The highest BCUT2D eigenvalue weighted by atomic mass is 32.2. The fraction of sp³-hybridized carbons (Fsp3) is 0.800. The van der Waals surface area contributed by atoms with Gasteiger partial charge < -0.3 is 31.9 Å². The van der Waals surface area contributed by atoms with Crippen molar-refractivity contribution in [1.82, 2.24) is 16.0 Å². The minimum atomic E-state index is -1.35. The predicted molar refractivity (Wildman–Crippen MR) is 120 cm³/mol. The maximum absolute atomic E-state index is 12.7. The lowest BCUT2D eigenvalue weighted by atomic mass is 9.98. The van der Waals surface area contributed by atoms with Crippen LogP contribution < -0.4 is 21.7 Å². The Labute approximate surface area is 188 Å². The Balaban J connectivity index is 5.27. The van der Waals surface area contributed by atoms with Gasteiger partial charge in [-0.25, -0.2) is 4.79 Å². The lowest BCUT2D eigenvalue weighted by Gasteiger charge is -2.26. The molecule has 180 valence electrons. The van der Waals surface area contributed by atoms with E-state index in [9.17, 15) is 29.4 Å². The van der Waals surface area contributed by atoms with Crippen LogP contribution in [0.15, 0.2) is 0 Å². The number of rotatable bonds is 15. The molecule has 0 bridgehead atoms. The number of aliphatic hydroxyl groups is 1. The maximum Gasteiger partial charge on any atom is 0.326 e. The number of nitrogens with two attached hydrogens (primary N) is 1. The third-order valence-corrected chi connectivity index (χ3v) is 6.04. The van der Waals surface area contributed by atoms with Gasteiger partial charge >= 0.3 is 5.97 Å². The van der Waals surface area contributed by atoms with Crippen molar-refractivity contribution < 1.29 is 29.4 Å². The van der Waals surface area contributed by atoms with Crippen LogP contribution in [-0.2, 0) is 19.2 Å². The molecule has 0 radical (unpaired) electrons. The van der Waals surface area contributed by atoms with E-state index in [2.05, 4.69) is 16.0 Å². The van der Waals surface area contributed by atoms with Crippen LogP contribution in [-0.4, -0.2) is 76.7 Å². The molecule has 3 amide bonds. The second kappa shape index (κ2) is 15.0. The zero-order valence-corrected chi connectivity index (χ0v) is 19.8. The van der Waals surface area contributed by atoms with E-state index in [0.717, 1.165) is 0 Å². The molecule has 0 aliphatic carbocycles. The van der Waals surface area contributed by atoms with Gasteiger partial charge in [-0.1, -0.05) is 40.5 Å². The molecule has 0 spiro atoms. The van der Waals surface area contributed by atoms with Gasteiger partial charge in [0.05, 0.1) is 12.6 Å². The minimum absolute atomic E-state index is 0.0752. The second-order valence-electron chi connectivity index (χ2n) is 7.71. The quantitative estimate of drug-likeness (QED) is 0.192. The highest BCUT2D eigenvalue weighted by Crippen LogP contribution is 2.09. The number of aliphatic hydroxyl groups excluding tert-OH is 1. The number of nitrogens with one attached hydrogen (secondary N) is 3. The van der Waals surface area contributed by atoms with Crippen molar-refractivity contribution >= 4 is 35.5 Å². The van der Waals surface area contributed by atoms with Crippen LogP contribution in [0.3, 0.4) is 0 Å². The molecule has 11 heteroatoms. The summed E-state index contributed by atoms with van der Waals surface area (Å²) >= 11 is 1.49. The number of carbonyl (C=O) groups is 4.